The van der Waals surface area contributed by atoms with Gasteiger partial charge in [0, 0.05) is 18.7 Å². The monoisotopic (exact) mass is 481 g/mol. The smallest absolute Gasteiger partial charge is 0.387 e. The van der Waals surface area contributed by atoms with Crippen LogP contribution in [0, 0.1) is 17.8 Å². The van der Waals surface area contributed by atoms with Gasteiger partial charge in [-0.1, -0.05) is 51.3 Å². The molecule has 3 rings (SSSR count). The van der Waals surface area contributed by atoms with E-state index in [-0.39, 0.29) is 22.4 Å². The minimum atomic E-state index is -2.98. The quantitative estimate of drug-likeness (QED) is 0.440. The largest absolute Gasteiger partial charge is 0.434 e. The summed E-state index contributed by atoms with van der Waals surface area (Å²) < 4.78 is 32.8. The molecular formula is C25H34ClF2N3O2. The van der Waals surface area contributed by atoms with Gasteiger partial charge in [-0.3, -0.25) is 9.48 Å². The van der Waals surface area contributed by atoms with Gasteiger partial charge in [0.1, 0.15) is 5.75 Å². The van der Waals surface area contributed by atoms with Crippen LogP contribution < -0.4 is 10.1 Å². The van der Waals surface area contributed by atoms with Gasteiger partial charge >= 0.3 is 6.61 Å². The fraction of sp³-hybridized carbons (Fsp3) is 0.600. The van der Waals surface area contributed by atoms with Gasteiger partial charge in [0.25, 0.3) is 5.91 Å². The average molecular weight is 482 g/mol. The minimum absolute atomic E-state index is 0.0305. The molecule has 0 bridgehead atoms. The summed E-state index contributed by atoms with van der Waals surface area (Å²) >= 11 is 6.62. The Hall–Kier alpha value is -2.15. The molecule has 33 heavy (non-hydrogen) atoms. The summed E-state index contributed by atoms with van der Waals surface area (Å²) in [6, 6.07) is 5.21. The van der Waals surface area contributed by atoms with Crippen molar-refractivity contribution >= 4 is 17.5 Å². The van der Waals surface area contributed by atoms with Gasteiger partial charge in [0.15, 0.2) is 5.69 Å². The molecule has 1 aromatic carbocycles. The number of carbonyl (C=O) groups is 1. The molecule has 1 N–H and O–H groups in total. The van der Waals surface area contributed by atoms with Crippen molar-refractivity contribution in [2.45, 2.75) is 73.0 Å². The van der Waals surface area contributed by atoms with Gasteiger partial charge in [-0.2, -0.15) is 13.9 Å². The van der Waals surface area contributed by atoms with E-state index in [9.17, 15) is 13.6 Å². The van der Waals surface area contributed by atoms with Crippen molar-refractivity contribution in [2.24, 2.45) is 17.8 Å². The van der Waals surface area contributed by atoms with E-state index in [1.807, 2.05) is 13.0 Å². The molecule has 1 amide bonds. The fourth-order valence-corrected chi connectivity index (χ4v) is 4.80. The Balaban J connectivity index is 1.88. The van der Waals surface area contributed by atoms with Gasteiger partial charge in [-0.25, -0.2) is 0 Å². The van der Waals surface area contributed by atoms with Crippen LogP contribution in [0.1, 0.15) is 69.4 Å². The van der Waals surface area contributed by atoms with E-state index in [2.05, 4.69) is 31.2 Å². The third-order valence-electron chi connectivity index (χ3n) is 6.26. The molecule has 0 unspecified atom stereocenters. The van der Waals surface area contributed by atoms with Crippen molar-refractivity contribution in [2.75, 3.05) is 6.54 Å². The van der Waals surface area contributed by atoms with Gasteiger partial charge in [-0.15, -0.1) is 0 Å². The van der Waals surface area contributed by atoms with Crippen molar-refractivity contribution in [3.05, 3.63) is 34.5 Å². The molecule has 0 radical (unpaired) electrons. The van der Waals surface area contributed by atoms with E-state index in [1.165, 1.54) is 12.8 Å². The van der Waals surface area contributed by atoms with Crippen molar-refractivity contribution in [3.8, 4) is 17.0 Å². The second-order valence-electron chi connectivity index (χ2n) is 9.47. The lowest BCUT2D eigenvalue weighted by Gasteiger charge is -2.26. The summed E-state index contributed by atoms with van der Waals surface area (Å²) in [6.07, 6.45) is 5.28. The summed E-state index contributed by atoms with van der Waals surface area (Å²) in [5.74, 6) is 1.24. The first kappa shape index (κ1) is 25.5. The number of benzene rings is 1. The predicted octanol–water partition coefficient (Wildman–Crippen LogP) is 6.58. The van der Waals surface area contributed by atoms with E-state index in [4.69, 9.17) is 16.3 Å². The number of amides is 1. The molecule has 0 spiro atoms. The second kappa shape index (κ2) is 11.3. The van der Waals surface area contributed by atoms with E-state index in [0.717, 1.165) is 30.7 Å². The second-order valence-corrected chi connectivity index (χ2v) is 9.85. The van der Waals surface area contributed by atoms with Gasteiger partial charge in [0.2, 0.25) is 0 Å². The zero-order valence-electron chi connectivity index (χ0n) is 19.8. The first-order valence-corrected chi connectivity index (χ1v) is 12.2. The Bertz CT molecular complexity index is 953. The van der Waals surface area contributed by atoms with Gasteiger partial charge < -0.3 is 10.1 Å². The molecule has 1 heterocycles. The molecule has 0 aliphatic heterocycles. The normalized spacial score (nSPS) is 18.7. The van der Waals surface area contributed by atoms with E-state index >= 15 is 0 Å². The minimum Gasteiger partial charge on any atom is -0.434 e. The number of nitrogens with zero attached hydrogens (tertiary/aromatic N) is 2. The van der Waals surface area contributed by atoms with E-state index < -0.39 is 6.61 Å². The number of nitrogens with one attached hydrogen (secondary N) is 1. The molecule has 2 aromatic rings. The number of aryl methyl sites for hydroxylation is 1. The Morgan fingerprint density at radius 3 is 2.58 bits per heavy atom. The first-order chi connectivity index (χ1) is 15.7. The maximum Gasteiger partial charge on any atom is 0.387 e. The molecule has 1 aliphatic carbocycles. The zero-order valence-corrected chi connectivity index (χ0v) is 20.6. The lowest BCUT2D eigenvalue weighted by molar-refractivity contribution is -0.0495. The molecule has 1 fully saturated rings. The summed E-state index contributed by atoms with van der Waals surface area (Å²) in [4.78, 5) is 12.9. The summed E-state index contributed by atoms with van der Waals surface area (Å²) in [6.45, 7) is 6.26. The number of rotatable bonds is 9. The molecule has 0 atom stereocenters. The molecule has 1 aliphatic rings. The molecule has 0 saturated heterocycles. The van der Waals surface area contributed by atoms with Crippen LogP contribution in [0.4, 0.5) is 8.78 Å². The number of hydrogen-bond acceptors (Lipinski definition) is 3. The molecule has 182 valence electrons. The van der Waals surface area contributed by atoms with E-state index in [0.29, 0.717) is 36.2 Å². The topological polar surface area (TPSA) is 56.2 Å². The lowest BCUT2D eigenvalue weighted by Crippen LogP contribution is -2.31. The maximum absolute atomic E-state index is 13.2. The van der Waals surface area contributed by atoms with Crippen LogP contribution in [0.15, 0.2) is 18.2 Å². The van der Waals surface area contributed by atoms with Crippen molar-refractivity contribution in [3.63, 3.8) is 0 Å². The highest BCUT2D eigenvalue weighted by Crippen LogP contribution is 2.38. The number of aromatic nitrogens is 2. The molecule has 1 saturated carbocycles. The number of carbonyl (C=O) groups excluding carboxylic acids is 1. The Morgan fingerprint density at radius 1 is 1.27 bits per heavy atom. The average Bonchev–Trinajstić information content (AvgIpc) is 3.09. The third-order valence-corrected chi connectivity index (χ3v) is 6.62. The molecule has 1 aromatic heterocycles. The van der Waals surface area contributed by atoms with Crippen molar-refractivity contribution < 1.29 is 18.3 Å². The number of hydrogen-bond donors (Lipinski definition) is 1. The SMILES string of the molecule is CCn1nc(C(=O)NCC2CCC(C)CC2)c(Cl)c1-c1ccc(CC(C)C)cc1OC(F)F. The number of alkyl halides is 2. The van der Waals surface area contributed by atoms with Crippen LogP contribution in [-0.2, 0) is 13.0 Å². The first-order valence-electron chi connectivity index (χ1n) is 11.8. The van der Waals surface area contributed by atoms with E-state index in [1.54, 1.807) is 16.8 Å². The van der Waals surface area contributed by atoms with Crippen molar-refractivity contribution in [1.29, 1.82) is 0 Å². The van der Waals surface area contributed by atoms with Crippen LogP contribution in [0.5, 0.6) is 5.75 Å². The Labute approximate surface area is 199 Å². The highest BCUT2D eigenvalue weighted by Gasteiger charge is 2.26. The van der Waals surface area contributed by atoms with Crippen LogP contribution in [-0.4, -0.2) is 28.8 Å². The standard InChI is InChI=1S/C25H34ClF2N3O2/c1-5-31-23(19-11-10-18(12-15(2)3)13-20(19)33-25(27)28)21(26)22(30-31)24(32)29-14-17-8-6-16(4)7-9-17/h10-11,13,15-17,25H,5-9,12,14H2,1-4H3,(H,29,32). The lowest BCUT2D eigenvalue weighted by atomic mass is 9.83. The predicted molar refractivity (Wildman–Crippen MR) is 127 cm³/mol. The van der Waals surface area contributed by atoms with Crippen LogP contribution in [0.2, 0.25) is 5.02 Å². The Morgan fingerprint density at radius 2 is 1.97 bits per heavy atom. The third kappa shape index (κ3) is 6.46. The number of halogens is 3. The zero-order chi connectivity index (χ0) is 24.1. The van der Waals surface area contributed by atoms with Gasteiger partial charge in [-0.05, 0) is 61.6 Å². The van der Waals surface area contributed by atoms with Gasteiger partial charge in [0.05, 0.1) is 10.7 Å². The van der Waals surface area contributed by atoms with Crippen molar-refractivity contribution in [1.82, 2.24) is 15.1 Å². The number of ether oxygens (including phenoxy) is 1. The highest BCUT2D eigenvalue weighted by atomic mass is 35.5. The molecular weight excluding hydrogens is 448 g/mol. The van der Waals surface area contributed by atoms with Crippen LogP contribution in [0.25, 0.3) is 11.3 Å². The maximum atomic E-state index is 13.2. The van der Waals surface area contributed by atoms with Crippen LogP contribution in [0.3, 0.4) is 0 Å². The summed E-state index contributed by atoms with van der Waals surface area (Å²) in [7, 11) is 0. The van der Waals surface area contributed by atoms with Crippen LogP contribution >= 0.6 is 11.6 Å². The molecule has 8 heteroatoms. The Kier molecular flexibility index (Phi) is 8.74. The molecule has 5 nitrogen and oxygen atoms in total. The summed E-state index contributed by atoms with van der Waals surface area (Å²) in [5, 5.41) is 7.51. The highest BCUT2D eigenvalue weighted by molar-refractivity contribution is 6.36. The fourth-order valence-electron chi connectivity index (χ4n) is 4.48. The summed E-state index contributed by atoms with van der Waals surface area (Å²) in [5.41, 5.74) is 1.79.